The molecule has 0 spiro atoms. The Kier molecular flexibility index (Phi) is 2.90. The minimum Gasteiger partial charge on any atom is -0.508 e. The van der Waals surface area contributed by atoms with Crippen molar-refractivity contribution in [3.8, 4) is 5.75 Å². The summed E-state index contributed by atoms with van der Waals surface area (Å²) < 4.78 is 0. The highest BCUT2D eigenvalue weighted by Gasteiger charge is 2.24. The number of nitrogens with two attached hydrogens (primary N) is 1. The molecule has 0 radical (unpaired) electrons. The van der Waals surface area contributed by atoms with Gasteiger partial charge in [-0.05, 0) is 26.0 Å². The molecule has 3 heteroatoms. The van der Waals surface area contributed by atoms with Crippen molar-refractivity contribution in [1.82, 2.24) is 0 Å². The molecular formula is C10H15NO2. The number of benzene rings is 1. The fourth-order valence-electron chi connectivity index (χ4n) is 1.34. The minimum atomic E-state index is -1.04. The summed E-state index contributed by atoms with van der Waals surface area (Å²) in [5, 5.41) is 19.4. The van der Waals surface area contributed by atoms with Crippen LogP contribution in [0.3, 0.4) is 0 Å². The zero-order valence-electron chi connectivity index (χ0n) is 7.70. The Morgan fingerprint density at radius 2 is 2.00 bits per heavy atom. The van der Waals surface area contributed by atoms with Crippen LogP contribution in [0.2, 0.25) is 0 Å². The SMILES string of the molecule is CC(O)(CCN)c1ccccc1O. The molecule has 0 bridgehead atoms. The predicted octanol–water partition coefficient (Wildman–Crippen LogP) is 0.948. The van der Waals surface area contributed by atoms with E-state index in [4.69, 9.17) is 5.73 Å². The highest BCUT2D eigenvalue weighted by Crippen LogP contribution is 2.30. The number of rotatable bonds is 3. The molecule has 0 saturated carbocycles. The third-order valence-electron chi connectivity index (χ3n) is 2.12. The molecule has 3 nitrogen and oxygen atoms in total. The van der Waals surface area contributed by atoms with Gasteiger partial charge in [-0.25, -0.2) is 0 Å². The Balaban J connectivity index is 2.99. The smallest absolute Gasteiger partial charge is 0.121 e. The predicted molar refractivity (Wildman–Crippen MR) is 51.3 cm³/mol. The standard InChI is InChI=1S/C10H15NO2/c1-10(13,6-7-11)8-4-2-3-5-9(8)12/h2-5,12-13H,6-7,11H2,1H3. The van der Waals surface area contributed by atoms with Crippen LogP contribution >= 0.6 is 0 Å². The maximum atomic E-state index is 9.93. The second kappa shape index (κ2) is 3.77. The highest BCUT2D eigenvalue weighted by atomic mass is 16.3. The molecule has 0 aromatic heterocycles. The second-order valence-electron chi connectivity index (χ2n) is 3.33. The first kappa shape index (κ1) is 10.0. The van der Waals surface area contributed by atoms with Crippen molar-refractivity contribution in [1.29, 1.82) is 0 Å². The number of aliphatic hydroxyl groups is 1. The van der Waals surface area contributed by atoms with E-state index < -0.39 is 5.60 Å². The van der Waals surface area contributed by atoms with E-state index in [1.807, 2.05) is 0 Å². The number of para-hydroxylation sites is 1. The molecule has 4 N–H and O–H groups in total. The summed E-state index contributed by atoms with van der Waals surface area (Å²) in [5.41, 5.74) is 4.85. The largest absolute Gasteiger partial charge is 0.508 e. The number of hydrogen-bond acceptors (Lipinski definition) is 3. The molecule has 0 fully saturated rings. The van der Waals surface area contributed by atoms with Crippen LogP contribution in [0, 0.1) is 0 Å². The fraction of sp³-hybridized carbons (Fsp3) is 0.400. The molecule has 0 heterocycles. The van der Waals surface area contributed by atoms with Crippen molar-refractivity contribution in [3.05, 3.63) is 29.8 Å². The van der Waals surface area contributed by atoms with Crippen molar-refractivity contribution in [2.24, 2.45) is 5.73 Å². The van der Waals surface area contributed by atoms with E-state index in [1.54, 1.807) is 31.2 Å². The Morgan fingerprint density at radius 3 is 2.54 bits per heavy atom. The summed E-state index contributed by atoms with van der Waals surface area (Å²) in [6, 6.07) is 6.75. The molecule has 1 aromatic rings. The van der Waals surface area contributed by atoms with Gasteiger partial charge in [0.15, 0.2) is 0 Å². The third-order valence-corrected chi connectivity index (χ3v) is 2.12. The average Bonchev–Trinajstić information content (AvgIpc) is 2.04. The zero-order chi connectivity index (χ0) is 9.90. The fourth-order valence-corrected chi connectivity index (χ4v) is 1.34. The van der Waals surface area contributed by atoms with Crippen LogP contribution in [-0.4, -0.2) is 16.8 Å². The normalized spacial score (nSPS) is 15.3. The van der Waals surface area contributed by atoms with E-state index in [0.29, 0.717) is 18.5 Å². The summed E-state index contributed by atoms with van der Waals surface area (Å²) >= 11 is 0. The molecule has 13 heavy (non-hydrogen) atoms. The molecule has 0 aliphatic heterocycles. The molecule has 0 aliphatic rings. The molecule has 1 unspecified atom stereocenters. The zero-order valence-corrected chi connectivity index (χ0v) is 7.70. The second-order valence-corrected chi connectivity index (χ2v) is 3.33. The van der Waals surface area contributed by atoms with Crippen molar-refractivity contribution >= 4 is 0 Å². The van der Waals surface area contributed by atoms with Gasteiger partial charge in [-0.3, -0.25) is 0 Å². The van der Waals surface area contributed by atoms with Gasteiger partial charge in [0.2, 0.25) is 0 Å². The van der Waals surface area contributed by atoms with Crippen molar-refractivity contribution in [2.75, 3.05) is 6.54 Å². The summed E-state index contributed by atoms with van der Waals surface area (Å²) in [5.74, 6) is 0.112. The van der Waals surface area contributed by atoms with E-state index in [0.717, 1.165) is 0 Å². The molecule has 0 amide bonds. The van der Waals surface area contributed by atoms with E-state index in [9.17, 15) is 10.2 Å². The lowest BCUT2D eigenvalue weighted by Gasteiger charge is -2.23. The summed E-state index contributed by atoms with van der Waals surface area (Å²) in [7, 11) is 0. The first-order chi connectivity index (χ1) is 6.08. The number of hydrogen-bond donors (Lipinski definition) is 3. The van der Waals surface area contributed by atoms with Crippen LogP contribution in [0.15, 0.2) is 24.3 Å². The average molecular weight is 181 g/mol. The first-order valence-corrected chi connectivity index (χ1v) is 4.29. The minimum absolute atomic E-state index is 0.112. The monoisotopic (exact) mass is 181 g/mol. The van der Waals surface area contributed by atoms with Crippen LogP contribution in [-0.2, 0) is 5.60 Å². The summed E-state index contributed by atoms with van der Waals surface area (Å²) in [4.78, 5) is 0. The van der Waals surface area contributed by atoms with E-state index >= 15 is 0 Å². The van der Waals surface area contributed by atoms with Gasteiger partial charge in [0.05, 0.1) is 5.60 Å². The molecule has 72 valence electrons. The summed E-state index contributed by atoms with van der Waals surface area (Å²) in [6.07, 6.45) is 0.435. The first-order valence-electron chi connectivity index (χ1n) is 4.29. The number of phenolic OH excluding ortho intramolecular Hbond substituents is 1. The van der Waals surface area contributed by atoms with Gasteiger partial charge in [0.1, 0.15) is 5.75 Å². The Labute approximate surface area is 77.8 Å². The Morgan fingerprint density at radius 1 is 1.38 bits per heavy atom. The molecule has 1 rings (SSSR count). The lowest BCUT2D eigenvalue weighted by atomic mass is 9.92. The van der Waals surface area contributed by atoms with Crippen LogP contribution in [0.5, 0.6) is 5.75 Å². The topological polar surface area (TPSA) is 66.5 Å². The van der Waals surface area contributed by atoms with Crippen LogP contribution < -0.4 is 5.73 Å². The maximum absolute atomic E-state index is 9.93. The highest BCUT2D eigenvalue weighted by molar-refractivity contribution is 5.36. The van der Waals surface area contributed by atoms with Crippen LogP contribution in [0.4, 0.5) is 0 Å². The van der Waals surface area contributed by atoms with Crippen molar-refractivity contribution in [3.63, 3.8) is 0 Å². The molecule has 1 atom stereocenters. The lowest BCUT2D eigenvalue weighted by molar-refractivity contribution is 0.0480. The van der Waals surface area contributed by atoms with E-state index in [-0.39, 0.29) is 5.75 Å². The molecular weight excluding hydrogens is 166 g/mol. The van der Waals surface area contributed by atoms with Crippen LogP contribution in [0.25, 0.3) is 0 Å². The van der Waals surface area contributed by atoms with Gasteiger partial charge >= 0.3 is 0 Å². The van der Waals surface area contributed by atoms with Gasteiger partial charge in [0, 0.05) is 5.56 Å². The van der Waals surface area contributed by atoms with Gasteiger partial charge in [-0.1, -0.05) is 18.2 Å². The molecule has 0 aliphatic carbocycles. The van der Waals surface area contributed by atoms with E-state index in [2.05, 4.69) is 0 Å². The third kappa shape index (κ3) is 2.20. The quantitative estimate of drug-likeness (QED) is 0.650. The Hall–Kier alpha value is -1.06. The van der Waals surface area contributed by atoms with Crippen molar-refractivity contribution in [2.45, 2.75) is 18.9 Å². The van der Waals surface area contributed by atoms with Gasteiger partial charge < -0.3 is 15.9 Å². The van der Waals surface area contributed by atoms with E-state index in [1.165, 1.54) is 0 Å². The molecule has 0 saturated heterocycles. The molecule has 1 aromatic carbocycles. The Bertz CT molecular complexity index is 284. The van der Waals surface area contributed by atoms with Gasteiger partial charge in [-0.2, -0.15) is 0 Å². The maximum Gasteiger partial charge on any atom is 0.121 e. The lowest BCUT2D eigenvalue weighted by Crippen LogP contribution is -2.24. The van der Waals surface area contributed by atoms with Gasteiger partial charge in [-0.15, -0.1) is 0 Å². The van der Waals surface area contributed by atoms with Crippen LogP contribution in [0.1, 0.15) is 18.9 Å². The van der Waals surface area contributed by atoms with Gasteiger partial charge in [0.25, 0.3) is 0 Å². The van der Waals surface area contributed by atoms with Crippen molar-refractivity contribution < 1.29 is 10.2 Å². The number of phenols is 1. The summed E-state index contributed by atoms with van der Waals surface area (Å²) in [6.45, 7) is 2.04. The number of aromatic hydroxyl groups is 1.